The number of rotatable bonds is 6. The molecule has 1 amide bonds. The zero-order chi connectivity index (χ0) is 13.0. The summed E-state index contributed by atoms with van der Waals surface area (Å²) < 4.78 is 5.10. The van der Waals surface area contributed by atoms with Crippen LogP contribution in [0.25, 0.3) is 0 Å². The Morgan fingerprint density at radius 3 is 3.11 bits per heavy atom. The number of ether oxygens (including phenoxy) is 1. The van der Waals surface area contributed by atoms with Crippen molar-refractivity contribution >= 4 is 11.6 Å². The van der Waals surface area contributed by atoms with E-state index in [0.717, 1.165) is 18.5 Å². The first-order valence-corrected chi connectivity index (χ1v) is 6.14. The Morgan fingerprint density at radius 2 is 2.33 bits per heavy atom. The van der Waals surface area contributed by atoms with E-state index < -0.39 is 5.91 Å². The quantitative estimate of drug-likeness (QED) is 0.501. The second-order valence-corrected chi connectivity index (χ2v) is 4.52. The summed E-state index contributed by atoms with van der Waals surface area (Å²) in [5, 5.41) is 3.41. The summed E-state index contributed by atoms with van der Waals surface area (Å²) in [5.74, 6) is -0.434. The Hall–Kier alpha value is -1.59. The molecule has 5 heteroatoms. The molecule has 0 aliphatic heterocycles. The summed E-state index contributed by atoms with van der Waals surface area (Å²) in [6.07, 6.45) is 2.13. The van der Waals surface area contributed by atoms with Gasteiger partial charge in [0.25, 0.3) is 0 Å². The van der Waals surface area contributed by atoms with Gasteiger partial charge >= 0.3 is 0 Å². The maximum absolute atomic E-state index is 10.5. The van der Waals surface area contributed by atoms with Crippen molar-refractivity contribution < 1.29 is 9.53 Å². The van der Waals surface area contributed by atoms with E-state index in [1.807, 2.05) is 12.1 Å². The van der Waals surface area contributed by atoms with Crippen LogP contribution in [-0.4, -0.2) is 25.7 Å². The first-order chi connectivity index (χ1) is 8.66. The van der Waals surface area contributed by atoms with Gasteiger partial charge in [-0.05, 0) is 36.1 Å². The molecule has 0 saturated carbocycles. The van der Waals surface area contributed by atoms with E-state index in [0.29, 0.717) is 19.2 Å². The Balaban J connectivity index is 1.78. The van der Waals surface area contributed by atoms with Crippen LogP contribution in [-0.2, 0) is 16.0 Å². The minimum atomic E-state index is -0.434. The van der Waals surface area contributed by atoms with Crippen molar-refractivity contribution in [2.24, 2.45) is 5.73 Å². The third-order valence-corrected chi connectivity index (χ3v) is 3.13. The molecule has 1 atom stereocenters. The first kappa shape index (κ1) is 12.9. The molecule has 0 bridgehead atoms. The van der Waals surface area contributed by atoms with Crippen molar-refractivity contribution in [3.8, 4) is 0 Å². The third kappa shape index (κ3) is 3.21. The molecule has 1 aliphatic rings. The normalized spacial score (nSPS) is 17.7. The lowest BCUT2D eigenvalue weighted by Crippen LogP contribution is -2.26. The van der Waals surface area contributed by atoms with E-state index in [1.54, 1.807) is 0 Å². The summed E-state index contributed by atoms with van der Waals surface area (Å²) in [5.41, 5.74) is 14.2. The third-order valence-electron chi connectivity index (χ3n) is 3.13. The SMILES string of the molecule is NC(=O)COCCNC1CCc2cc(N)ccc21. The fourth-order valence-electron chi connectivity index (χ4n) is 2.33. The van der Waals surface area contributed by atoms with E-state index in [2.05, 4.69) is 11.4 Å². The van der Waals surface area contributed by atoms with Crippen molar-refractivity contribution in [1.29, 1.82) is 0 Å². The van der Waals surface area contributed by atoms with E-state index >= 15 is 0 Å². The predicted octanol–water partition coefficient (Wildman–Crippen LogP) is 0.348. The summed E-state index contributed by atoms with van der Waals surface area (Å²) >= 11 is 0. The van der Waals surface area contributed by atoms with Crippen molar-refractivity contribution in [1.82, 2.24) is 5.32 Å². The van der Waals surface area contributed by atoms with Crippen LogP contribution in [0.1, 0.15) is 23.6 Å². The minimum Gasteiger partial charge on any atom is -0.399 e. The van der Waals surface area contributed by atoms with Gasteiger partial charge in [-0.1, -0.05) is 6.07 Å². The van der Waals surface area contributed by atoms with Crippen LogP contribution in [0.15, 0.2) is 18.2 Å². The van der Waals surface area contributed by atoms with Gasteiger partial charge in [-0.25, -0.2) is 0 Å². The number of nitrogens with one attached hydrogen (secondary N) is 1. The van der Waals surface area contributed by atoms with Crippen LogP contribution in [0.3, 0.4) is 0 Å². The minimum absolute atomic E-state index is 0.0144. The van der Waals surface area contributed by atoms with Gasteiger partial charge in [0.05, 0.1) is 6.61 Å². The number of amides is 1. The average molecular weight is 249 g/mol. The lowest BCUT2D eigenvalue weighted by Gasteiger charge is -2.14. The van der Waals surface area contributed by atoms with Crippen LogP contribution in [0.2, 0.25) is 0 Å². The summed E-state index contributed by atoms with van der Waals surface area (Å²) in [7, 11) is 0. The molecule has 0 saturated heterocycles. The molecule has 1 aliphatic carbocycles. The first-order valence-electron chi connectivity index (χ1n) is 6.14. The number of nitrogen functional groups attached to an aromatic ring is 1. The largest absolute Gasteiger partial charge is 0.399 e. The van der Waals surface area contributed by atoms with Crippen molar-refractivity contribution in [2.75, 3.05) is 25.5 Å². The molecule has 0 heterocycles. The Bertz CT molecular complexity index is 434. The van der Waals surface area contributed by atoms with Gasteiger partial charge in [-0.15, -0.1) is 0 Å². The number of hydrogen-bond donors (Lipinski definition) is 3. The van der Waals surface area contributed by atoms with E-state index in [1.165, 1.54) is 11.1 Å². The molecule has 0 fully saturated rings. The molecule has 0 spiro atoms. The second-order valence-electron chi connectivity index (χ2n) is 4.52. The molecular weight excluding hydrogens is 230 g/mol. The van der Waals surface area contributed by atoms with Gasteiger partial charge in [0.15, 0.2) is 0 Å². The van der Waals surface area contributed by atoms with Gasteiger partial charge in [-0.2, -0.15) is 0 Å². The van der Waals surface area contributed by atoms with Crippen LogP contribution >= 0.6 is 0 Å². The number of benzene rings is 1. The highest BCUT2D eigenvalue weighted by molar-refractivity contribution is 5.74. The molecule has 5 nitrogen and oxygen atoms in total. The number of aryl methyl sites for hydroxylation is 1. The zero-order valence-electron chi connectivity index (χ0n) is 10.3. The summed E-state index contributed by atoms with van der Waals surface area (Å²) in [4.78, 5) is 10.5. The van der Waals surface area contributed by atoms with Gasteiger partial charge in [0, 0.05) is 18.3 Å². The van der Waals surface area contributed by atoms with Crippen LogP contribution in [0, 0.1) is 0 Å². The van der Waals surface area contributed by atoms with Gasteiger partial charge in [0.1, 0.15) is 6.61 Å². The topological polar surface area (TPSA) is 90.4 Å². The number of anilines is 1. The molecule has 1 unspecified atom stereocenters. The highest BCUT2D eigenvalue weighted by Crippen LogP contribution is 2.31. The average Bonchev–Trinajstić information content (AvgIpc) is 2.70. The van der Waals surface area contributed by atoms with Gasteiger partial charge < -0.3 is 21.5 Å². The maximum Gasteiger partial charge on any atom is 0.243 e. The van der Waals surface area contributed by atoms with Crippen LogP contribution in [0.4, 0.5) is 5.69 Å². The Morgan fingerprint density at radius 1 is 1.50 bits per heavy atom. The van der Waals surface area contributed by atoms with Crippen molar-refractivity contribution in [3.63, 3.8) is 0 Å². The number of carbonyl (C=O) groups is 1. The summed E-state index contributed by atoms with van der Waals surface area (Å²) in [6.45, 7) is 1.19. The van der Waals surface area contributed by atoms with Crippen molar-refractivity contribution in [2.45, 2.75) is 18.9 Å². The second kappa shape index (κ2) is 5.84. The van der Waals surface area contributed by atoms with E-state index in [4.69, 9.17) is 16.2 Å². The van der Waals surface area contributed by atoms with E-state index in [-0.39, 0.29) is 6.61 Å². The number of primary amides is 1. The number of carbonyl (C=O) groups excluding carboxylic acids is 1. The molecule has 18 heavy (non-hydrogen) atoms. The lowest BCUT2D eigenvalue weighted by atomic mass is 10.1. The highest BCUT2D eigenvalue weighted by Gasteiger charge is 2.21. The molecule has 0 radical (unpaired) electrons. The monoisotopic (exact) mass is 249 g/mol. The van der Waals surface area contributed by atoms with E-state index in [9.17, 15) is 4.79 Å². The molecule has 2 rings (SSSR count). The lowest BCUT2D eigenvalue weighted by molar-refractivity contribution is -0.122. The molecule has 1 aromatic rings. The Kier molecular flexibility index (Phi) is 4.17. The van der Waals surface area contributed by atoms with Crippen molar-refractivity contribution in [3.05, 3.63) is 29.3 Å². The maximum atomic E-state index is 10.5. The van der Waals surface area contributed by atoms with Crippen LogP contribution in [0.5, 0.6) is 0 Å². The number of nitrogens with two attached hydrogens (primary N) is 2. The molecule has 0 aromatic heterocycles. The molecule has 5 N–H and O–H groups in total. The fraction of sp³-hybridized carbons (Fsp3) is 0.462. The predicted molar refractivity (Wildman–Crippen MR) is 69.9 cm³/mol. The molecular formula is C13H19N3O2. The molecule has 98 valence electrons. The standard InChI is InChI=1S/C13H19N3O2/c14-10-2-3-11-9(7-10)1-4-12(11)16-5-6-18-8-13(15)17/h2-3,7,12,16H,1,4-6,8,14H2,(H2,15,17). The zero-order valence-corrected chi connectivity index (χ0v) is 10.3. The summed E-state index contributed by atoms with van der Waals surface area (Å²) in [6, 6.07) is 6.42. The molecule has 1 aromatic carbocycles. The smallest absolute Gasteiger partial charge is 0.243 e. The fourth-order valence-corrected chi connectivity index (χ4v) is 2.33. The van der Waals surface area contributed by atoms with Gasteiger partial charge in [0.2, 0.25) is 5.91 Å². The number of hydrogen-bond acceptors (Lipinski definition) is 4. The number of fused-ring (bicyclic) bond motifs is 1. The highest BCUT2D eigenvalue weighted by atomic mass is 16.5. The van der Waals surface area contributed by atoms with Crippen LogP contribution < -0.4 is 16.8 Å². The Labute approximate surface area is 106 Å². The van der Waals surface area contributed by atoms with Gasteiger partial charge in [-0.3, -0.25) is 4.79 Å².